The second-order valence-corrected chi connectivity index (χ2v) is 8.33. The molecule has 0 radical (unpaired) electrons. The third-order valence-electron chi connectivity index (χ3n) is 2.76. The Bertz CT molecular complexity index is 499. The minimum Gasteiger partial charge on any atom is -0.391 e. The molecular formula is C13H24N2O3S2. The van der Waals surface area contributed by atoms with E-state index in [1.165, 1.54) is 17.4 Å². The summed E-state index contributed by atoms with van der Waals surface area (Å²) in [5.41, 5.74) is 0. The first-order valence-electron chi connectivity index (χ1n) is 6.60. The lowest BCUT2D eigenvalue weighted by atomic mass is 10.0. The Hall–Kier alpha value is -0.470. The molecule has 5 nitrogen and oxygen atoms in total. The number of aliphatic hydroxyl groups excluding tert-OH is 1. The third-order valence-corrected chi connectivity index (χ3v) is 5.33. The minimum absolute atomic E-state index is 0.118. The Morgan fingerprint density at radius 2 is 2.05 bits per heavy atom. The molecule has 7 heteroatoms. The molecule has 1 aromatic rings. The zero-order valence-electron chi connectivity index (χ0n) is 12.5. The Balaban J connectivity index is 2.84. The number of nitrogens with zero attached hydrogens (tertiary/aromatic N) is 1. The van der Waals surface area contributed by atoms with E-state index in [0.717, 1.165) is 6.42 Å². The predicted octanol–water partition coefficient (Wildman–Crippen LogP) is 1.49. The highest BCUT2D eigenvalue weighted by molar-refractivity contribution is 7.89. The number of hydrogen-bond acceptors (Lipinski definition) is 5. The van der Waals surface area contributed by atoms with Gasteiger partial charge < -0.3 is 10.0 Å². The Kier molecular flexibility index (Phi) is 6.60. The summed E-state index contributed by atoms with van der Waals surface area (Å²) >= 11 is 1.25. The smallest absolute Gasteiger partial charge is 0.241 e. The lowest BCUT2D eigenvalue weighted by Crippen LogP contribution is -2.42. The quantitative estimate of drug-likeness (QED) is 0.761. The van der Waals surface area contributed by atoms with Gasteiger partial charge in [0.05, 0.1) is 11.5 Å². The van der Waals surface area contributed by atoms with Crippen molar-refractivity contribution in [3.05, 3.63) is 16.3 Å². The van der Waals surface area contributed by atoms with Crippen molar-refractivity contribution in [2.45, 2.75) is 37.8 Å². The van der Waals surface area contributed by atoms with Gasteiger partial charge in [0.2, 0.25) is 10.0 Å². The molecule has 1 atom stereocenters. The van der Waals surface area contributed by atoms with E-state index in [4.69, 9.17) is 5.11 Å². The van der Waals surface area contributed by atoms with Crippen LogP contribution in [0.4, 0.5) is 0 Å². The molecule has 0 amide bonds. The van der Waals surface area contributed by atoms with Crippen LogP contribution >= 0.6 is 11.3 Å². The number of thiophene rings is 1. The van der Waals surface area contributed by atoms with Crippen LogP contribution in [0.5, 0.6) is 0 Å². The Morgan fingerprint density at radius 1 is 1.40 bits per heavy atom. The van der Waals surface area contributed by atoms with Gasteiger partial charge in [-0.1, -0.05) is 13.8 Å². The zero-order chi connectivity index (χ0) is 15.3. The first kappa shape index (κ1) is 17.6. The zero-order valence-corrected chi connectivity index (χ0v) is 14.1. The highest BCUT2D eigenvalue weighted by atomic mass is 32.2. The number of aliphatic hydroxyl groups is 1. The van der Waals surface area contributed by atoms with E-state index in [1.807, 2.05) is 19.0 Å². The van der Waals surface area contributed by atoms with Crippen LogP contribution in [-0.4, -0.2) is 45.1 Å². The van der Waals surface area contributed by atoms with E-state index in [9.17, 15) is 8.42 Å². The maximum absolute atomic E-state index is 12.3. The maximum atomic E-state index is 12.3. The van der Waals surface area contributed by atoms with Crippen molar-refractivity contribution < 1.29 is 13.5 Å². The van der Waals surface area contributed by atoms with Crippen LogP contribution < -0.4 is 4.72 Å². The first-order chi connectivity index (χ1) is 9.24. The molecule has 0 aromatic carbocycles. The van der Waals surface area contributed by atoms with Crippen LogP contribution in [0.15, 0.2) is 16.3 Å². The summed E-state index contributed by atoms with van der Waals surface area (Å²) in [7, 11) is 0.336. The van der Waals surface area contributed by atoms with E-state index in [1.54, 1.807) is 5.38 Å². The van der Waals surface area contributed by atoms with Crippen molar-refractivity contribution in [1.29, 1.82) is 0 Å². The number of likely N-dealkylation sites (N-methyl/N-ethyl adjacent to an activating group) is 1. The summed E-state index contributed by atoms with van der Waals surface area (Å²) in [4.78, 5) is 2.86. The fourth-order valence-electron chi connectivity index (χ4n) is 2.04. The average Bonchev–Trinajstić information content (AvgIpc) is 2.75. The second-order valence-electron chi connectivity index (χ2n) is 5.62. The molecule has 0 saturated carbocycles. The molecule has 1 unspecified atom stereocenters. The van der Waals surface area contributed by atoms with Crippen molar-refractivity contribution in [2.24, 2.45) is 5.92 Å². The predicted molar refractivity (Wildman–Crippen MR) is 82.4 cm³/mol. The maximum Gasteiger partial charge on any atom is 0.241 e. The molecule has 1 rings (SSSR count). The van der Waals surface area contributed by atoms with Crippen molar-refractivity contribution in [1.82, 2.24) is 9.62 Å². The molecule has 0 aliphatic heterocycles. The van der Waals surface area contributed by atoms with Gasteiger partial charge in [0.15, 0.2) is 0 Å². The fourth-order valence-corrected chi connectivity index (χ4v) is 4.42. The van der Waals surface area contributed by atoms with Crippen molar-refractivity contribution in [2.75, 3.05) is 20.6 Å². The van der Waals surface area contributed by atoms with E-state index < -0.39 is 10.0 Å². The summed E-state index contributed by atoms with van der Waals surface area (Å²) in [6.45, 7) is 4.68. The Morgan fingerprint density at radius 3 is 2.50 bits per heavy atom. The van der Waals surface area contributed by atoms with Crippen LogP contribution in [0.1, 0.15) is 25.1 Å². The van der Waals surface area contributed by atoms with E-state index in [2.05, 4.69) is 18.6 Å². The summed E-state index contributed by atoms with van der Waals surface area (Å²) < 4.78 is 27.4. The van der Waals surface area contributed by atoms with Crippen LogP contribution in [0, 0.1) is 5.92 Å². The topological polar surface area (TPSA) is 69.6 Å². The van der Waals surface area contributed by atoms with Gasteiger partial charge >= 0.3 is 0 Å². The van der Waals surface area contributed by atoms with Gasteiger partial charge in [0, 0.05) is 22.8 Å². The van der Waals surface area contributed by atoms with Gasteiger partial charge in [0.1, 0.15) is 0 Å². The van der Waals surface area contributed by atoms with Gasteiger partial charge in [-0.2, -0.15) is 0 Å². The summed E-state index contributed by atoms with van der Waals surface area (Å²) in [5, 5.41) is 10.6. The van der Waals surface area contributed by atoms with Crippen LogP contribution in [0.3, 0.4) is 0 Å². The van der Waals surface area contributed by atoms with Gasteiger partial charge in [0.25, 0.3) is 0 Å². The molecule has 0 aliphatic rings. The molecule has 20 heavy (non-hydrogen) atoms. The molecule has 116 valence electrons. The van der Waals surface area contributed by atoms with Crippen molar-refractivity contribution >= 4 is 21.4 Å². The van der Waals surface area contributed by atoms with Gasteiger partial charge in [-0.05, 0) is 32.5 Å². The highest BCUT2D eigenvalue weighted by Gasteiger charge is 2.22. The normalized spacial score (nSPS) is 14.2. The second kappa shape index (κ2) is 7.51. The largest absolute Gasteiger partial charge is 0.391 e. The summed E-state index contributed by atoms with van der Waals surface area (Å²) in [6.07, 6.45) is 0.786. The van der Waals surface area contributed by atoms with Crippen LogP contribution in [0.25, 0.3) is 0 Å². The molecule has 0 saturated heterocycles. The number of nitrogens with one attached hydrogen (secondary N) is 1. The van der Waals surface area contributed by atoms with Crippen LogP contribution in [0.2, 0.25) is 0 Å². The lowest BCUT2D eigenvalue weighted by Gasteiger charge is -2.23. The first-order valence-corrected chi connectivity index (χ1v) is 8.96. The molecule has 1 aromatic heterocycles. The molecular weight excluding hydrogens is 296 g/mol. The van der Waals surface area contributed by atoms with Crippen molar-refractivity contribution in [3.8, 4) is 0 Å². The average molecular weight is 320 g/mol. The molecule has 1 heterocycles. The molecule has 0 aliphatic carbocycles. The van der Waals surface area contributed by atoms with Crippen LogP contribution in [-0.2, 0) is 16.6 Å². The summed E-state index contributed by atoms with van der Waals surface area (Å²) in [6, 6.07) is 1.40. The standard InChI is InChI=1S/C13H24N2O3S2/c1-10(2)5-11(7-15(3)4)14-20(17,18)13-6-12(8-16)19-9-13/h6,9-11,14,16H,5,7-8H2,1-4H3. The van der Waals surface area contributed by atoms with Gasteiger partial charge in [-0.15, -0.1) is 11.3 Å². The van der Waals surface area contributed by atoms with E-state index in [-0.39, 0.29) is 17.5 Å². The van der Waals surface area contributed by atoms with Crippen molar-refractivity contribution in [3.63, 3.8) is 0 Å². The summed E-state index contributed by atoms with van der Waals surface area (Å²) in [5.74, 6) is 0.415. The van der Waals surface area contributed by atoms with E-state index in [0.29, 0.717) is 17.3 Å². The lowest BCUT2D eigenvalue weighted by molar-refractivity contribution is 0.285. The Labute approximate surface area is 125 Å². The third kappa shape index (κ3) is 5.49. The molecule has 0 spiro atoms. The van der Waals surface area contributed by atoms with Gasteiger partial charge in [-0.3, -0.25) is 0 Å². The SMILES string of the molecule is CC(C)CC(CN(C)C)NS(=O)(=O)c1csc(CO)c1. The van der Waals surface area contributed by atoms with Gasteiger partial charge in [-0.25, -0.2) is 13.1 Å². The molecule has 2 N–H and O–H groups in total. The number of rotatable bonds is 8. The number of sulfonamides is 1. The highest BCUT2D eigenvalue weighted by Crippen LogP contribution is 2.20. The fraction of sp³-hybridized carbons (Fsp3) is 0.692. The number of hydrogen-bond donors (Lipinski definition) is 2. The molecule has 0 fully saturated rings. The van der Waals surface area contributed by atoms with E-state index >= 15 is 0 Å². The minimum atomic E-state index is -3.52. The molecule has 0 bridgehead atoms. The monoisotopic (exact) mass is 320 g/mol.